The first-order valence-corrected chi connectivity index (χ1v) is 11.4. The van der Waals surface area contributed by atoms with Crippen LogP contribution in [0.15, 0.2) is 78.3 Å². The normalized spacial score (nSPS) is 17.4. The molecule has 0 radical (unpaired) electrons. The van der Waals surface area contributed by atoms with Crippen molar-refractivity contribution in [3.63, 3.8) is 0 Å². The molecule has 2 aliphatic heterocycles. The molecule has 186 valence electrons. The third-order valence-electron chi connectivity index (χ3n) is 5.54. The average Bonchev–Trinajstić information content (AvgIpc) is 3.29. The van der Waals surface area contributed by atoms with Crippen LogP contribution in [0, 0.1) is 16.0 Å². The van der Waals surface area contributed by atoms with Gasteiger partial charge in [-0.1, -0.05) is 12.1 Å². The van der Waals surface area contributed by atoms with E-state index >= 15 is 0 Å². The van der Waals surface area contributed by atoms with Crippen LogP contribution in [-0.2, 0) is 9.47 Å². The number of hydrazone groups is 1. The number of nitro benzene ring substituents is 1. The molecule has 2 aliphatic rings. The maximum Gasteiger partial charge on any atom is 0.412 e. The summed E-state index contributed by atoms with van der Waals surface area (Å²) < 4.78 is 10.4. The van der Waals surface area contributed by atoms with Crippen LogP contribution in [0.1, 0.15) is 43.1 Å². The molecule has 2 aromatic rings. The molecular formula is C26H26N4O6. The second kappa shape index (κ2) is 10.0. The summed E-state index contributed by atoms with van der Waals surface area (Å²) in [4.78, 5) is 35.9. The third kappa shape index (κ3) is 5.77. The van der Waals surface area contributed by atoms with E-state index in [1.54, 1.807) is 45.4 Å². The maximum atomic E-state index is 13.4. The Balaban J connectivity index is 1.56. The van der Waals surface area contributed by atoms with Crippen molar-refractivity contribution in [2.75, 3.05) is 5.32 Å². The number of hydrogen-bond acceptors (Lipinski definition) is 7. The fourth-order valence-electron chi connectivity index (χ4n) is 3.86. The minimum absolute atomic E-state index is 0.0934. The quantitative estimate of drug-likeness (QED) is 0.452. The Morgan fingerprint density at radius 3 is 2.31 bits per heavy atom. The van der Waals surface area contributed by atoms with Gasteiger partial charge in [0.15, 0.2) is 0 Å². The molecule has 1 atom stereocenters. The van der Waals surface area contributed by atoms with Gasteiger partial charge in [0.05, 0.1) is 29.2 Å². The van der Waals surface area contributed by atoms with Gasteiger partial charge in [0.25, 0.3) is 11.6 Å². The van der Waals surface area contributed by atoms with Crippen molar-refractivity contribution in [3.05, 3.63) is 94.4 Å². The molecule has 0 aliphatic carbocycles. The molecular weight excluding hydrogens is 464 g/mol. The van der Waals surface area contributed by atoms with Gasteiger partial charge in [-0.2, -0.15) is 5.10 Å². The van der Waals surface area contributed by atoms with E-state index in [0.717, 1.165) is 5.56 Å². The molecule has 0 fully saturated rings. The van der Waals surface area contributed by atoms with E-state index in [-0.39, 0.29) is 23.6 Å². The first kappa shape index (κ1) is 24.6. The lowest BCUT2D eigenvalue weighted by Gasteiger charge is -2.26. The molecule has 1 N–H and O–H groups in total. The Kier molecular flexibility index (Phi) is 6.86. The number of amides is 2. The number of nitro groups is 1. The highest BCUT2D eigenvalue weighted by Crippen LogP contribution is 2.30. The number of ether oxygens (including phenoxy) is 2. The number of carbonyl (C=O) groups excluding carboxylic acids is 2. The Hall–Kier alpha value is -4.47. The van der Waals surface area contributed by atoms with E-state index in [0.29, 0.717) is 23.4 Å². The average molecular weight is 491 g/mol. The number of nitrogens with one attached hydrogen (secondary N) is 1. The number of hydrogen-bond donors (Lipinski definition) is 1. The molecule has 10 heteroatoms. The highest BCUT2D eigenvalue weighted by Gasteiger charge is 2.36. The van der Waals surface area contributed by atoms with Gasteiger partial charge < -0.3 is 9.47 Å². The molecule has 36 heavy (non-hydrogen) atoms. The van der Waals surface area contributed by atoms with Gasteiger partial charge in [-0.15, -0.1) is 0 Å². The van der Waals surface area contributed by atoms with Crippen molar-refractivity contribution >= 4 is 29.1 Å². The molecule has 0 saturated carbocycles. The van der Waals surface area contributed by atoms with Crippen molar-refractivity contribution in [2.24, 2.45) is 11.0 Å². The summed E-state index contributed by atoms with van der Waals surface area (Å²) in [5, 5.41) is 19.7. The van der Waals surface area contributed by atoms with Crippen LogP contribution >= 0.6 is 0 Å². The predicted octanol–water partition coefficient (Wildman–Crippen LogP) is 5.23. The van der Waals surface area contributed by atoms with Gasteiger partial charge in [0.1, 0.15) is 5.60 Å². The summed E-state index contributed by atoms with van der Waals surface area (Å²) in [7, 11) is 0. The standard InChI is InChI=1S/C26H26N4O6/c1-26(2,3)36-25(32)27-20-8-4-17(5-9-20)22-16-23(18-12-14-35-15-13-18)29(28-22)24(31)19-6-10-21(11-7-19)30(33)34/h4-15,18,23H,16H2,1-3H3,(H,27,32). The SMILES string of the molecule is CC(C)(C)OC(=O)Nc1ccc(C2=NN(C(=O)c3ccc([N+](=O)[O-])cc3)C(C3C=COC=C3)C2)cc1. The number of carbonyl (C=O) groups is 2. The summed E-state index contributed by atoms with van der Waals surface area (Å²) in [5.74, 6) is -0.489. The van der Waals surface area contributed by atoms with Crippen LogP contribution in [0.25, 0.3) is 0 Å². The van der Waals surface area contributed by atoms with Crippen molar-refractivity contribution < 1.29 is 24.0 Å². The Morgan fingerprint density at radius 2 is 1.72 bits per heavy atom. The van der Waals surface area contributed by atoms with Gasteiger partial charge in [0, 0.05) is 35.7 Å². The van der Waals surface area contributed by atoms with Crippen LogP contribution < -0.4 is 5.32 Å². The minimum atomic E-state index is -0.607. The second-order valence-corrected chi connectivity index (χ2v) is 9.35. The van der Waals surface area contributed by atoms with Gasteiger partial charge in [-0.05, 0) is 62.8 Å². The summed E-state index contributed by atoms with van der Waals surface area (Å²) >= 11 is 0. The van der Waals surface area contributed by atoms with E-state index < -0.39 is 16.6 Å². The minimum Gasteiger partial charge on any atom is -0.473 e. The number of anilines is 1. The first-order valence-electron chi connectivity index (χ1n) is 11.4. The van der Waals surface area contributed by atoms with Gasteiger partial charge in [0.2, 0.25) is 0 Å². The topological polar surface area (TPSA) is 123 Å². The summed E-state index contributed by atoms with van der Waals surface area (Å²) in [6, 6.07) is 12.3. The van der Waals surface area contributed by atoms with E-state index in [9.17, 15) is 19.7 Å². The maximum absolute atomic E-state index is 13.4. The molecule has 2 heterocycles. The zero-order chi connectivity index (χ0) is 25.9. The van der Waals surface area contributed by atoms with E-state index in [1.165, 1.54) is 29.3 Å². The fraction of sp³-hybridized carbons (Fsp3) is 0.269. The van der Waals surface area contributed by atoms with Crippen LogP contribution in [0.2, 0.25) is 0 Å². The molecule has 1 unspecified atom stereocenters. The van der Waals surface area contributed by atoms with Crippen molar-refractivity contribution in [1.82, 2.24) is 5.01 Å². The van der Waals surface area contributed by atoms with E-state index in [2.05, 4.69) is 10.4 Å². The van der Waals surface area contributed by atoms with E-state index in [1.807, 2.05) is 24.3 Å². The van der Waals surface area contributed by atoms with Crippen LogP contribution in [0.5, 0.6) is 0 Å². The highest BCUT2D eigenvalue weighted by molar-refractivity contribution is 6.05. The molecule has 0 saturated heterocycles. The summed E-state index contributed by atoms with van der Waals surface area (Å²) in [6.45, 7) is 5.37. The zero-order valence-electron chi connectivity index (χ0n) is 20.1. The molecule has 0 spiro atoms. The Morgan fingerprint density at radius 1 is 1.08 bits per heavy atom. The first-order chi connectivity index (χ1) is 17.1. The van der Waals surface area contributed by atoms with Gasteiger partial charge in [-0.25, -0.2) is 9.80 Å². The molecule has 2 aromatic carbocycles. The lowest BCUT2D eigenvalue weighted by molar-refractivity contribution is -0.384. The molecule has 0 aromatic heterocycles. The summed E-state index contributed by atoms with van der Waals surface area (Å²) in [6.07, 6.45) is 6.77. The fourth-order valence-corrected chi connectivity index (χ4v) is 3.86. The van der Waals surface area contributed by atoms with Crippen molar-refractivity contribution in [2.45, 2.75) is 38.8 Å². The Labute approximate surface area is 208 Å². The van der Waals surface area contributed by atoms with Crippen LogP contribution in [-0.4, -0.2) is 39.3 Å². The monoisotopic (exact) mass is 490 g/mol. The van der Waals surface area contributed by atoms with Crippen molar-refractivity contribution in [1.29, 1.82) is 0 Å². The van der Waals surface area contributed by atoms with Crippen molar-refractivity contribution in [3.8, 4) is 0 Å². The lowest BCUT2D eigenvalue weighted by Crippen LogP contribution is -2.37. The van der Waals surface area contributed by atoms with E-state index in [4.69, 9.17) is 9.47 Å². The Bertz CT molecular complexity index is 1230. The lowest BCUT2D eigenvalue weighted by atomic mass is 9.92. The number of nitrogens with zero attached hydrogens (tertiary/aromatic N) is 3. The highest BCUT2D eigenvalue weighted by atomic mass is 16.6. The molecule has 10 nitrogen and oxygen atoms in total. The third-order valence-corrected chi connectivity index (χ3v) is 5.54. The van der Waals surface area contributed by atoms with Crippen LogP contribution in [0.3, 0.4) is 0 Å². The van der Waals surface area contributed by atoms with Gasteiger partial charge in [-0.3, -0.25) is 20.2 Å². The van der Waals surface area contributed by atoms with Crippen LogP contribution in [0.4, 0.5) is 16.2 Å². The summed E-state index contributed by atoms with van der Waals surface area (Å²) in [5.41, 5.74) is 1.67. The predicted molar refractivity (Wildman–Crippen MR) is 133 cm³/mol. The second-order valence-electron chi connectivity index (χ2n) is 9.35. The molecule has 4 rings (SSSR count). The number of rotatable bonds is 5. The van der Waals surface area contributed by atoms with Gasteiger partial charge >= 0.3 is 6.09 Å². The number of benzene rings is 2. The zero-order valence-corrected chi connectivity index (χ0v) is 20.1. The molecule has 0 bridgehead atoms. The smallest absolute Gasteiger partial charge is 0.412 e. The molecule has 2 amide bonds. The number of non-ortho nitro benzene ring substituents is 1. The largest absolute Gasteiger partial charge is 0.473 e.